The summed E-state index contributed by atoms with van der Waals surface area (Å²) < 4.78 is 5.28. The van der Waals surface area contributed by atoms with Gasteiger partial charge in [0.2, 0.25) is 0 Å². The first-order chi connectivity index (χ1) is 6.99. The van der Waals surface area contributed by atoms with E-state index in [4.69, 9.17) is 4.74 Å². The largest absolute Gasteiger partial charge is 0.461 e. The van der Waals surface area contributed by atoms with Crippen molar-refractivity contribution < 1.29 is 14.6 Å². The van der Waals surface area contributed by atoms with Crippen LogP contribution in [0.5, 0.6) is 0 Å². The molecular formula is C11H21NO3. The zero-order chi connectivity index (χ0) is 11.4. The van der Waals surface area contributed by atoms with Crippen LogP contribution in [0.15, 0.2) is 0 Å². The molecule has 15 heavy (non-hydrogen) atoms. The summed E-state index contributed by atoms with van der Waals surface area (Å²) in [6, 6.07) is -0.324. The van der Waals surface area contributed by atoms with Crippen molar-refractivity contribution in [1.82, 2.24) is 5.32 Å². The Labute approximate surface area is 91.0 Å². The highest BCUT2D eigenvalue weighted by molar-refractivity contribution is 5.76. The molecule has 1 heterocycles. The number of aliphatic hydroxyl groups excluding tert-OH is 1. The highest BCUT2D eigenvalue weighted by atomic mass is 16.5. The number of ether oxygens (including phenoxy) is 1. The van der Waals surface area contributed by atoms with E-state index in [-0.39, 0.29) is 18.1 Å². The van der Waals surface area contributed by atoms with Crippen LogP contribution in [0.1, 0.15) is 33.6 Å². The quantitative estimate of drug-likeness (QED) is 0.677. The molecule has 0 amide bonds. The summed E-state index contributed by atoms with van der Waals surface area (Å²) >= 11 is 0. The number of rotatable bonds is 4. The Morgan fingerprint density at radius 1 is 1.53 bits per heavy atom. The molecule has 88 valence electrons. The average Bonchev–Trinajstić information content (AvgIpc) is 2.49. The third-order valence-electron chi connectivity index (χ3n) is 2.51. The van der Waals surface area contributed by atoms with Crippen LogP contribution in [-0.2, 0) is 9.53 Å². The Bertz CT molecular complexity index is 218. The van der Waals surface area contributed by atoms with Gasteiger partial charge in [0.1, 0.15) is 6.04 Å². The predicted molar refractivity (Wildman–Crippen MR) is 57.4 cm³/mol. The van der Waals surface area contributed by atoms with Crippen molar-refractivity contribution in [2.75, 3.05) is 6.54 Å². The van der Waals surface area contributed by atoms with Gasteiger partial charge in [-0.05, 0) is 19.3 Å². The van der Waals surface area contributed by atoms with Crippen LogP contribution in [0.2, 0.25) is 0 Å². The van der Waals surface area contributed by atoms with E-state index in [1.54, 1.807) is 0 Å². The fraction of sp³-hybridized carbons (Fsp3) is 0.909. The third kappa shape index (κ3) is 4.18. The molecule has 1 fully saturated rings. The molecule has 1 rings (SSSR count). The fourth-order valence-corrected chi connectivity index (χ4v) is 1.89. The van der Waals surface area contributed by atoms with E-state index in [9.17, 15) is 9.90 Å². The molecule has 2 N–H and O–H groups in total. The van der Waals surface area contributed by atoms with E-state index in [0.29, 0.717) is 18.9 Å². The van der Waals surface area contributed by atoms with Gasteiger partial charge in [-0.1, -0.05) is 13.8 Å². The number of carbonyl (C=O) groups is 1. The Hall–Kier alpha value is -0.610. The maximum absolute atomic E-state index is 11.6. The molecule has 0 radical (unpaired) electrons. The van der Waals surface area contributed by atoms with Crippen LogP contribution < -0.4 is 5.32 Å². The molecule has 0 aromatic rings. The summed E-state index contributed by atoms with van der Waals surface area (Å²) in [6.45, 7) is 6.59. The van der Waals surface area contributed by atoms with Gasteiger partial charge in [-0.25, -0.2) is 0 Å². The molecule has 1 unspecified atom stereocenters. The van der Waals surface area contributed by atoms with Crippen molar-refractivity contribution in [3.8, 4) is 0 Å². The van der Waals surface area contributed by atoms with E-state index < -0.39 is 6.10 Å². The topological polar surface area (TPSA) is 58.6 Å². The summed E-state index contributed by atoms with van der Waals surface area (Å²) in [5.74, 6) is 0.287. The lowest BCUT2D eigenvalue weighted by molar-refractivity contribution is -0.151. The highest BCUT2D eigenvalue weighted by Gasteiger charge is 2.30. The molecule has 0 aromatic carbocycles. The van der Waals surface area contributed by atoms with Crippen LogP contribution in [0.4, 0.5) is 0 Å². The van der Waals surface area contributed by atoms with Gasteiger partial charge in [0.25, 0.3) is 0 Å². The van der Waals surface area contributed by atoms with Gasteiger partial charge in [0.05, 0.1) is 12.2 Å². The lowest BCUT2D eigenvalue weighted by atomic mass is 10.1. The van der Waals surface area contributed by atoms with E-state index in [1.165, 1.54) is 0 Å². The zero-order valence-electron chi connectivity index (χ0n) is 9.69. The van der Waals surface area contributed by atoms with Gasteiger partial charge in [-0.2, -0.15) is 0 Å². The third-order valence-corrected chi connectivity index (χ3v) is 2.51. The molecule has 0 bridgehead atoms. The summed E-state index contributed by atoms with van der Waals surface area (Å²) in [5, 5.41) is 12.2. The molecule has 1 saturated heterocycles. The molecule has 0 aliphatic carbocycles. The molecule has 4 heteroatoms. The van der Waals surface area contributed by atoms with Gasteiger partial charge in [-0.15, -0.1) is 0 Å². The second kappa shape index (κ2) is 5.47. The van der Waals surface area contributed by atoms with E-state index in [0.717, 1.165) is 6.42 Å². The lowest BCUT2D eigenvalue weighted by Crippen LogP contribution is -2.34. The van der Waals surface area contributed by atoms with Crippen molar-refractivity contribution in [1.29, 1.82) is 0 Å². The standard InChI is InChI=1S/C11H21NO3/c1-7(2)4-8(3)15-11(14)10-5-9(13)6-12-10/h7-10,12-13H,4-6H2,1-3H3/t8?,9-,10+/m1/s1. The number of aliphatic hydroxyl groups is 1. The Balaban J connectivity index is 2.29. The molecule has 4 nitrogen and oxygen atoms in total. The second-order valence-corrected chi connectivity index (χ2v) is 4.73. The van der Waals surface area contributed by atoms with Crippen LogP contribution in [0.25, 0.3) is 0 Å². The van der Waals surface area contributed by atoms with Crippen LogP contribution in [0.3, 0.4) is 0 Å². The number of carbonyl (C=O) groups excluding carboxylic acids is 1. The van der Waals surface area contributed by atoms with Crippen LogP contribution in [0, 0.1) is 5.92 Å². The number of β-amino-alcohol motifs (C(OH)–C–C–N with tert-alkyl or cyclic N) is 1. The second-order valence-electron chi connectivity index (χ2n) is 4.73. The van der Waals surface area contributed by atoms with Gasteiger partial charge in [0, 0.05) is 13.0 Å². The fourth-order valence-electron chi connectivity index (χ4n) is 1.89. The number of hydrogen-bond acceptors (Lipinski definition) is 4. The number of hydrogen-bond donors (Lipinski definition) is 2. The molecule has 0 spiro atoms. The maximum atomic E-state index is 11.6. The lowest BCUT2D eigenvalue weighted by Gasteiger charge is -2.17. The normalized spacial score (nSPS) is 28.1. The first kappa shape index (κ1) is 12.5. The maximum Gasteiger partial charge on any atom is 0.323 e. The smallest absolute Gasteiger partial charge is 0.323 e. The van der Waals surface area contributed by atoms with Crippen molar-refractivity contribution in [2.45, 2.75) is 51.9 Å². The molecule has 1 aliphatic heterocycles. The monoisotopic (exact) mass is 215 g/mol. The molecule has 0 aromatic heterocycles. The summed E-state index contributed by atoms with van der Waals surface area (Å²) in [6.07, 6.45) is 0.883. The first-order valence-electron chi connectivity index (χ1n) is 5.61. The zero-order valence-corrected chi connectivity index (χ0v) is 9.69. The Morgan fingerprint density at radius 3 is 2.67 bits per heavy atom. The predicted octanol–water partition coefficient (Wildman–Crippen LogP) is 0.687. The van der Waals surface area contributed by atoms with Gasteiger partial charge in [-0.3, -0.25) is 4.79 Å². The van der Waals surface area contributed by atoms with Gasteiger partial charge in [0.15, 0.2) is 0 Å². The van der Waals surface area contributed by atoms with Crippen molar-refractivity contribution in [2.24, 2.45) is 5.92 Å². The average molecular weight is 215 g/mol. The van der Waals surface area contributed by atoms with E-state index >= 15 is 0 Å². The summed E-state index contributed by atoms with van der Waals surface area (Å²) in [4.78, 5) is 11.6. The van der Waals surface area contributed by atoms with E-state index in [2.05, 4.69) is 19.2 Å². The summed E-state index contributed by atoms with van der Waals surface area (Å²) in [7, 11) is 0. The minimum atomic E-state index is -0.414. The summed E-state index contributed by atoms with van der Waals surface area (Å²) in [5.41, 5.74) is 0. The number of nitrogens with one attached hydrogen (secondary N) is 1. The number of esters is 1. The van der Waals surface area contributed by atoms with E-state index in [1.807, 2.05) is 6.92 Å². The Kier molecular flexibility index (Phi) is 4.54. The van der Waals surface area contributed by atoms with Gasteiger partial charge < -0.3 is 15.2 Å². The molecule has 1 aliphatic rings. The molecule has 3 atom stereocenters. The van der Waals surface area contributed by atoms with Crippen LogP contribution in [-0.4, -0.2) is 35.9 Å². The minimum absolute atomic E-state index is 0.0444. The SMILES string of the molecule is CC(C)CC(C)OC(=O)[C@@H]1C[C@@H](O)CN1. The van der Waals surface area contributed by atoms with Crippen molar-refractivity contribution >= 4 is 5.97 Å². The minimum Gasteiger partial charge on any atom is -0.461 e. The Morgan fingerprint density at radius 2 is 2.20 bits per heavy atom. The van der Waals surface area contributed by atoms with Gasteiger partial charge >= 0.3 is 5.97 Å². The first-order valence-corrected chi connectivity index (χ1v) is 5.61. The molecular weight excluding hydrogens is 194 g/mol. The molecule has 0 saturated carbocycles. The highest BCUT2D eigenvalue weighted by Crippen LogP contribution is 2.12. The van der Waals surface area contributed by atoms with Crippen molar-refractivity contribution in [3.05, 3.63) is 0 Å². The van der Waals surface area contributed by atoms with Crippen LogP contribution >= 0.6 is 0 Å². The van der Waals surface area contributed by atoms with Crippen molar-refractivity contribution in [3.63, 3.8) is 0 Å².